The molecule has 1 unspecified atom stereocenters. The van der Waals surface area contributed by atoms with Gasteiger partial charge in [0.15, 0.2) is 36.8 Å². The molecule has 812 valence electrons. The van der Waals surface area contributed by atoms with Crippen LogP contribution in [0, 0.1) is 123 Å². The van der Waals surface area contributed by atoms with Crippen LogP contribution < -0.4 is 33.7 Å². The number of rotatable bonds is 23. The fourth-order valence-electron chi connectivity index (χ4n) is 16.0. The molecule has 2 saturated heterocycles. The number of aliphatic hydroxyl groups excluding tert-OH is 6. The number of hydrogen-bond donors (Lipinski definition) is 7. The normalized spacial score (nSPS) is 30.0. The van der Waals surface area contributed by atoms with Crippen molar-refractivity contribution in [3.05, 3.63) is 159 Å². The van der Waals surface area contributed by atoms with Gasteiger partial charge in [0.2, 0.25) is 12.6 Å². The van der Waals surface area contributed by atoms with Crippen LogP contribution in [0.3, 0.4) is 0 Å². The Hall–Kier alpha value is -3.46. The Morgan fingerprint density at radius 1 is 0.564 bits per heavy atom. The number of H-pyrrole nitrogens is 1. The molecule has 2 radical (unpaired) electrons. The number of nitrogens with one attached hydrogen (secondary N) is 1. The molecule has 5 aliphatic carbocycles. The predicted molar refractivity (Wildman–Crippen MR) is 550 cm³/mol. The summed E-state index contributed by atoms with van der Waals surface area (Å²) in [5.74, 6) is -1.54. The summed E-state index contributed by atoms with van der Waals surface area (Å²) in [5.41, 5.74) is -2.35. The minimum absolute atomic E-state index is 0. The van der Waals surface area contributed by atoms with Gasteiger partial charge in [-0.3, -0.25) is 42.7 Å². The number of aliphatic hydroxyl groups is 6. The van der Waals surface area contributed by atoms with Crippen LogP contribution in [0.1, 0.15) is 190 Å². The van der Waals surface area contributed by atoms with Gasteiger partial charge in [-0.25, -0.2) is 54.3 Å². The molecule has 0 amide bonds. The largest absolute Gasteiger partial charge is 0 e. The van der Waals surface area contributed by atoms with Crippen LogP contribution in [-0.4, -0.2) is 234 Å². The molecule has 140 heavy (non-hydrogen) atoms. The van der Waals surface area contributed by atoms with Crippen molar-refractivity contribution in [1.82, 2.24) is 27.8 Å². The molecule has 0 spiro atoms. The number of carbonyl (C=O) groups is 2. The molecule has 1 saturated carbocycles. The second-order valence-electron chi connectivity index (χ2n) is 36.6. The minimum Gasteiger partial charge on any atom is 0 e. The molecule has 3 fully saturated rings. The number of methoxy groups -OCH3 is 2. The van der Waals surface area contributed by atoms with E-state index in [2.05, 4.69) is 81.8 Å². The molecule has 26 nitrogen and oxygen atoms in total. The topological polar surface area (TPSA) is 354 Å². The standard InChI is InChI=1S/C20H33FN2O3Si.C18H29FN2O5Si.C12H15FN2O4.C10H18FIO2.C10H17FO2.C9H15FO2.C9H15FO.C2HF3O.6CH4.BH.2ClH.Hg.U.H2/c1-7-16-8-9-17(18(21)15(16)3)22-12-14(2)19(24)23(20(22)25)13-26-10-11-27(4,5)6;1-12-9-20(14-6-5-13(10-22)16(23)15(14)19)18(25)21(17(12)24)11-26-7-8-27(2,3)4;1-6-4-15(12(19)14-11(6)18)8-3-2-7(5-16)10(17)9(8)13;1-4-7-6(2)9(11)8(5-12)14-10(7)13-3;1-5-8-6(2)9(11)7(3)13-10(8)12-4;1-3-6-5(2)9(10)8(12)4-7(6)11;1-3-7-4-5-8(11)9(10)6(7)2;3-2(4,5)1-6;;;;;;;;;;;;/h8-9,12,15-18H,7,10-11,13H2,1-6H3;5-6,9,13-16,22-23H,7-8,10-11H2,1-4H3;2-4,7-10,16-17H,5H2,1H3,(H,14,18,19);6-10H,4-5H2,1-3H3;6,8-10H,3,5H2,1-2,4H3;5-7,9,11H,3-4H2,1-2H3;4-9,11H,3H2,1-2H3;1H;6*1H4;3*1H;;;1H/q;;;;;;;;;;;;;;;;;+2;;/p-2/t15-,16+,17-,18-;13-,14-,15+,16-;7-,8-,9+,10-;6-,7-,8-,9-,10+;6-,8-,9-,10+;5-,6-,7?,9-;6-,7+,8+,9-;;;;;;;;;;;;;/m1111111............./s1/i;;;;;;;;;;;;;;1D;;;;;1+1D. The second-order valence-corrected chi connectivity index (χ2v) is 56.6. The van der Waals surface area contributed by atoms with Gasteiger partial charge in [0.1, 0.15) is 49.9 Å². The zero-order valence-corrected chi connectivity index (χ0v) is 96.1. The number of ketones is 1. The van der Waals surface area contributed by atoms with E-state index in [1.54, 1.807) is 47.1 Å². The van der Waals surface area contributed by atoms with Gasteiger partial charge in [0, 0.05) is 162 Å². The first-order valence-corrected chi connectivity index (χ1v) is 67.1. The molecular weight excluding hydrogens is 2450 g/mol. The SMILES string of the molecule is C.C.C.C.C.C.C=C1O[C@H](OC)[C@H](CC)[C@@H](C)[C@H]1F.CC[C@H]1C(O)CC(=O)[C@H](F)[C@@H]1C.CC[C@H]1C=C[C@@H](n2cc(C)c(=O)n(COCC[Si](C)(C)C)c2=O)[C@H](F)[C@@H]1C.CC[C@H]1C=C[C@H](O)[C@H](F)[C@@H]1C.CC[C@H]1[C@@H](OC)O[C@H](CI)[C@H](F)[C@@H]1C.Cc1cn([C@@H]2C=C[C@H](CO)[C@@H](O)[C@H]2F)c(=O)[nH]c1=O.Cc1cn([C@@H]2C=C[C@H](CO)[C@@H](O)[C@H]2F)c(=O)n(COCC[Si](C)(C)C)c1=O.O=CC(F)(F)F.[2H][2H].[2H][B].[Cl][Hg][Cl].[U]. The predicted octanol–water partition coefficient (Wildman–Crippen LogP) is 18.1. The summed E-state index contributed by atoms with van der Waals surface area (Å²) in [4.78, 5) is 95.1. The first-order valence-electron chi connectivity index (χ1n) is 46.2. The number of aromatic nitrogens is 6. The van der Waals surface area contributed by atoms with Crippen molar-refractivity contribution < 1.29 is 169 Å². The Morgan fingerprint density at radius 3 is 1.29 bits per heavy atom. The van der Waals surface area contributed by atoms with Gasteiger partial charge in [0.05, 0.1) is 49.7 Å². The van der Waals surface area contributed by atoms with Crippen LogP contribution in [0.2, 0.25) is 51.4 Å². The Morgan fingerprint density at radius 2 is 0.921 bits per heavy atom. The van der Waals surface area contributed by atoms with Crippen molar-refractivity contribution in [3.63, 3.8) is 0 Å². The Balaban J connectivity index is -0.000000246. The van der Waals surface area contributed by atoms with E-state index < -0.39 is 182 Å². The summed E-state index contributed by atoms with van der Waals surface area (Å²) in [6.45, 7) is 40.8. The average molecular weight is 2620 g/mol. The maximum atomic E-state index is 15.0. The van der Waals surface area contributed by atoms with E-state index in [1.807, 2.05) is 74.5 Å². The number of allylic oxidation sites excluding steroid dienone is 6. The number of ether oxygens (including phenoxy) is 6. The molecule has 0 bridgehead atoms. The summed E-state index contributed by atoms with van der Waals surface area (Å²) in [7, 11) is 14.4. The molecule has 3 aromatic heterocycles. The number of Topliss-reactive ketones (excluding diaryl/α,β-unsaturated/α-hetero) is 1. The number of aldehydes is 1. The van der Waals surface area contributed by atoms with Crippen molar-refractivity contribution in [3.8, 4) is 0 Å². The van der Waals surface area contributed by atoms with E-state index in [0.29, 0.717) is 29.1 Å². The van der Waals surface area contributed by atoms with Gasteiger partial charge in [-0.2, -0.15) is 13.2 Å². The molecule has 2 aliphatic heterocycles. The average Bonchev–Trinajstić information content (AvgIpc) is 0.780. The molecule has 0 aromatic carbocycles. The van der Waals surface area contributed by atoms with E-state index in [-0.39, 0.29) is 203 Å². The number of hydrogen-bond acceptors (Lipinski definition) is 20. The van der Waals surface area contributed by atoms with Crippen LogP contribution in [0.25, 0.3) is 0 Å². The van der Waals surface area contributed by atoms with Crippen molar-refractivity contribution in [1.29, 1.82) is 1.34 Å². The molecule has 10 rings (SSSR count). The van der Waals surface area contributed by atoms with Crippen molar-refractivity contribution >= 4 is 75.7 Å². The Labute approximate surface area is 889 Å². The van der Waals surface area contributed by atoms with Crippen LogP contribution in [0.5, 0.6) is 0 Å². The smallest absolute Gasteiger partial charge is 0 e. The van der Waals surface area contributed by atoms with Crippen LogP contribution in [-0.2, 0) is 73.6 Å². The van der Waals surface area contributed by atoms with Gasteiger partial charge in [-0.15, -0.1) is 0 Å². The fourth-order valence-corrected chi connectivity index (χ4v) is 18.3. The van der Waals surface area contributed by atoms with Gasteiger partial charge < -0.3 is 59.1 Å². The number of alkyl halides is 11. The summed E-state index contributed by atoms with van der Waals surface area (Å²) in [6.07, 6.45) is 1.45. The van der Waals surface area contributed by atoms with Gasteiger partial charge >= 0.3 is 61.8 Å². The molecule has 3 aromatic rings. The van der Waals surface area contributed by atoms with Crippen LogP contribution in [0.15, 0.2) is 108 Å². The van der Waals surface area contributed by atoms with Gasteiger partial charge in [-0.05, 0) is 101 Å². The third kappa shape index (κ3) is 44.8. The summed E-state index contributed by atoms with van der Waals surface area (Å²) in [6, 6.07) is -0.893. The molecule has 7 aliphatic rings. The maximum Gasteiger partial charge on any atom is 0 e. The Bertz CT molecular complexity index is 4410. The van der Waals surface area contributed by atoms with Gasteiger partial charge in [-0.1, -0.05) is 237 Å². The number of aromatic amines is 1. The van der Waals surface area contributed by atoms with Crippen LogP contribution in [0.4, 0.5) is 43.9 Å². The minimum atomic E-state index is -4.64. The zero-order chi connectivity index (χ0) is 105. The second kappa shape index (κ2) is 72.0. The molecule has 5 heterocycles. The Kier molecular flexibility index (Phi) is 74.6. The maximum absolute atomic E-state index is 15.0. The molecule has 7 N–H and O–H groups in total. The number of aryl methyl sites for hydroxylation is 3. The van der Waals surface area contributed by atoms with Crippen LogP contribution >= 0.6 is 39.1 Å². The quantitative estimate of drug-likeness (QED) is 0.00882. The van der Waals surface area contributed by atoms with Crippen molar-refractivity contribution in [2.45, 2.75) is 349 Å². The monoisotopic (exact) mass is 2620 g/mol. The molecular formula is C96H170BCl2F10HgIN6O20Si2U. The van der Waals surface area contributed by atoms with Crippen molar-refractivity contribution in [2.75, 3.05) is 45.1 Å². The van der Waals surface area contributed by atoms with E-state index in [1.165, 1.54) is 54.4 Å². The summed E-state index contributed by atoms with van der Waals surface area (Å²) < 4.78 is 182. The molecule has 44 heteroatoms. The third-order valence-corrected chi connectivity index (χ3v) is 29.1. The van der Waals surface area contributed by atoms with E-state index in [0.717, 1.165) is 62.5 Å². The summed E-state index contributed by atoms with van der Waals surface area (Å²) >= 11 is 1.02. The van der Waals surface area contributed by atoms with E-state index >= 15 is 4.39 Å². The zero-order valence-electron chi connectivity index (χ0n) is 83.8. The van der Waals surface area contributed by atoms with E-state index in [9.17, 15) is 93.5 Å². The summed E-state index contributed by atoms with van der Waals surface area (Å²) in [5, 5.41) is 56.4. The number of carbonyl (C=O) groups excluding carboxylic acids is 2. The van der Waals surface area contributed by atoms with E-state index in [4.69, 9.17) is 64.2 Å². The first-order chi connectivity index (χ1) is 63.6. The van der Waals surface area contributed by atoms with Gasteiger partial charge in [0.25, 0.3) is 16.7 Å². The third-order valence-electron chi connectivity index (χ3n) is 24.8. The molecule has 29 atom stereocenters. The fraction of sp³-hybridized carbons (Fsp3) is 0.750. The number of halogens is 13. The number of nitrogens with zero attached hydrogens (tertiary/aromatic N) is 5. The van der Waals surface area contributed by atoms with Crippen molar-refractivity contribution in [2.24, 2.45) is 71.0 Å². The first kappa shape index (κ1) is 145.